The molecular weight excluding hydrogens is 210 g/mol. The minimum atomic E-state index is -0.661. The molecule has 1 rings (SSSR count). The van der Waals surface area contributed by atoms with Gasteiger partial charge in [-0.1, -0.05) is 13.8 Å². The summed E-state index contributed by atoms with van der Waals surface area (Å²) in [6, 6.07) is -0.379. The average molecular weight is 231 g/mol. The summed E-state index contributed by atoms with van der Waals surface area (Å²) >= 11 is 0. The van der Waals surface area contributed by atoms with Gasteiger partial charge < -0.3 is 20.3 Å². The van der Waals surface area contributed by atoms with Crippen LogP contribution in [-0.4, -0.2) is 47.6 Å². The summed E-state index contributed by atoms with van der Waals surface area (Å²) in [6.45, 7) is 3.77. The molecule has 0 aromatic heterocycles. The predicted molar refractivity (Wildman–Crippen MR) is 58.8 cm³/mol. The van der Waals surface area contributed by atoms with E-state index in [4.69, 9.17) is 4.74 Å². The molecule has 1 heterocycles. The third kappa shape index (κ3) is 2.53. The number of carbonyl (C=O) groups excluding carboxylic acids is 1. The number of aliphatic hydroxyl groups excluding tert-OH is 2. The van der Waals surface area contributed by atoms with E-state index < -0.39 is 6.10 Å². The Hall–Kier alpha value is -0.650. The van der Waals surface area contributed by atoms with E-state index in [-0.39, 0.29) is 30.8 Å². The maximum Gasteiger partial charge on any atom is 0.207 e. The van der Waals surface area contributed by atoms with Crippen molar-refractivity contribution < 1.29 is 19.7 Å². The minimum absolute atomic E-state index is 0.0973. The second kappa shape index (κ2) is 6.18. The smallest absolute Gasteiger partial charge is 0.207 e. The average Bonchev–Trinajstić information content (AvgIpc) is 2.31. The zero-order chi connectivity index (χ0) is 12.1. The van der Waals surface area contributed by atoms with Gasteiger partial charge in [0.15, 0.2) is 0 Å². The number of aliphatic hydroxyl groups is 2. The molecule has 5 unspecified atom stereocenters. The van der Waals surface area contributed by atoms with Crippen molar-refractivity contribution in [2.24, 2.45) is 5.92 Å². The standard InChI is InChI=1S/C11H21NO4/c1-3-7-9(5-13)16-8(4-2)10(11(7)15)12-6-14/h6-11,13,15H,3-5H2,1-2H3,(H,12,14). The summed E-state index contributed by atoms with van der Waals surface area (Å²) in [7, 11) is 0. The van der Waals surface area contributed by atoms with E-state index in [9.17, 15) is 15.0 Å². The Morgan fingerprint density at radius 3 is 2.44 bits per heavy atom. The van der Waals surface area contributed by atoms with Crippen LogP contribution in [0.2, 0.25) is 0 Å². The molecule has 16 heavy (non-hydrogen) atoms. The van der Waals surface area contributed by atoms with Gasteiger partial charge in [0, 0.05) is 5.92 Å². The zero-order valence-electron chi connectivity index (χ0n) is 9.80. The molecule has 0 bridgehead atoms. The molecule has 1 saturated heterocycles. The number of hydrogen-bond donors (Lipinski definition) is 3. The molecule has 0 aliphatic carbocycles. The fraction of sp³-hybridized carbons (Fsp3) is 0.909. The molecule has 5 atom stereocenters. The van der Waals surface area contributed by atoms with Crippen molar-refractivity contribution in [2.75, 3.05) is 6.61 Å². The highest BCUT2D eigenvalue weighted by molar-refractivity contribution is 5.47. The van der Waals surface area contributed by atoms with Gasteiger partial charge in [-0.3, -0.25) is 4.79 Å². The number of ether oxygens (including phenoxy) is 1. The van der Waals surface area contributed by atoms with Crippen LogP contribution in [0.5, 0.6) is 0 Å². The molecule has 5 nitrogen and oxygen atoms in total. The normalized spacial score (nSPS) is 39.4. The van der Waals surface area contributed by atoms with Gasteiger partial charge in [0.1, 0.15) is 0 Å². The molecule has 0 aromatic carbocycles. The second-order valence-electron chi connectivity index (χ2n) is 4.18. The highest BCUT2D eigenvalue weighted by Crippen LogP contribution is 2.29. The fourth-order valence-corrected chi connectivity index (χ4v) is 2.43. The summed E-state index contributed by atoms with van der Waals surface area (Å²) in [5.41, 5.74) is 0. The zero-order valence-corrected chi connectivity index (χ0v) is 9.80. The number of nitrogens with one attached hydrogen (secondary N) is 1. The quantitative estimate of drug-likeness (QED) is 0.565. The second-order valence-corrected chi connectivity index (χ2v) is 4.18. The summed E-state index contributed by atoms with van der Waals surface area (Å²) in [6.07, 6.45) is 0.752. The lowest BCUT2D eigenvalue weighted by Crippen LogP contribution is -2.60. The highest BCUT2D eigenvalue weighted by atomic mass is 16.5. The van der Waals surface area contributed by atoms with Gasteiger partial charge in [0.05, 0.1) is 31.0 Å². The van der Waals surface area contributed by atoms with Crippen LogP contribution in [0.4, 0.5) is 0 Å². The fourth-order valence-electron chi connectivity index (χ4n) is 2.43. The molecule has 3 N–H and O–H groups in total. The van der Waals surface area contributed by atoms with Crippen LogP contribution in [0.25, 0.3) is 0 Å². The Kier molecular flexibility index (Phi) is 5.18. The van der Waals surface area contributed by atoms with E-state index in [2.05, 4.69) is 5.32 Å². The first-order valence-corrected chi connectivity index (χ1v) is 5.83. The Bertz CT molecular complexity index is 224. The van der Waals surface area contributed by atoms with Gasteiger partial charge in [-0.15, -0.1) is 0 Å². The lowest BCUT2D eigenvalue weighted by molar-refractivity contribution is -0.169. The van der Waals surface area contributed by atoms with Crippen molar-refractivity contribution in [1.29, 1.82) is 0 Å². The maximum absolute atomic E-state index is 10.5. The van der Waals surface area contributed by atoms with Crippen molar-refractivity contribution in [2.45, 2.75) is 51.0 Å². The van der Waals surface area contributed by atoms with Crippen LogP contribution in [0.1, 0.15) is 26.7 Å². The maximum atomic E-state index is 10.5. The van der Waals surface area contributed by atoms with Gasteiger partial charge in [-0.25, -0.2) is 0 Å². The topological polar surface area (TPSA) is 78.8 Å². The first-order chi connectivity index (χ1) is 7.69. The Morgan fingerprint density at radius 1 is 1.31 bits per heavy atom. The van der Waals surface area contributed by atoms with Crippen molar-refractivity contribution >= 4 is 6.41 Å². The molecule has 94 valence electrons. The summed E-state index contributed by atoms with van der Waals surface area (Å²) < 4.78 is 5.69. The first kappa shape index (κ1) is 13.4. The van der Waals surface area contributed by atoms with Crippen LogP contribution in [-0.2, 0) is 9.53 Å². The van der Waals surface area contributed by atoms with Gasteiger partial charge in [-0.05, 0) is 12.8 Å². The lowest BCUT2D eigenvalue weighted by atomic mass is 9.83. The van der Waals surface area contributed by atoms with Crippen LogP contribution >= 0.6 is 0 Å². The van der Waals surface area contributed by atoms with Gasteiger partial charge in [0.2, 0.25) is 6.41 Å². The predicted octanol–water partition coefficient (Wildman–Crippen LogP) is -0.342. The van der Waals surface area contributed by atoms with E-state index in [0.29, 0.717) is 19.3 Å². The first-order valence-electron chi connectivity index (χ1n) is 5.83. The van der Waals surface area contributed by atoms with Crippen molar-refractivity contribution in [3.8, 4) is 0 Å². The third-order valence-electron chi connectivity index (χ3n) is 3.35. The van der Waals surface area contributed by atoms with E-state index in [1.54, 1.807) is 0 Å². The van der Waals surface area contributed by atoms with Gasteiger partial charge >= 0.3 is 0 Å². The van der Waals surface area contributed by atoms with Crippen LogP contribution in [0.15, 0.2) is 0 Å². The molecule has 0 radical (unpaired) electrons. The largest absolute Gasteiger partial charge is 0.394 e. The minimum Gasteiger partial charge on any atom is -0.394 e. The monoisotopic (exact) mass is 231 g/mol. The van der Waals surface area contributed by atoms with Crippen LogP contribution < -0.4 is 5.32 Å². The number of amides is 1. The van der Waals surface area contributed by atoms with Crippen molar-refractivity contribution in [3.05, 3.63) is 0 Å². The molecule has 1 aliphatic rings. The molecule has 1 amide bonds. The Morgan fingerprint density at radius 2 is 2.00 bits per heavy atom. The third-order valence-corrected chi connectivity index (χ3v) is 3.35. The van der Waals surface area contributed by atoms with E-state index in [1.165, 1.54) is 0 Å². The summed E-state index contributed by atoms with van der Waals surface area (Å²) in [4.78, 5) is 10.5. The van der Waals surface area contributed by atoms with Crippen LogP contribution in [0, 0.1) is 5.92 Å². The highest BCUT2D eigenvalue weighted by Gasteiger charge is 2.42. The molecule has 1 fully saturated rings. The number of carbonyl (C=O) groups is 1. The van der Waals surface area contributed by atoms with Crippen molar-refractivity contribution in [3.63, 3.8) is 0 Å². The van der Waals surface area contributed by atoms with Crippen molar-refractivity contribution in [1.82, 2.24) is 5.32 Å². The lowest BCUT2D eigenvalue weighted by Gasteiger charge is -2.44. The number of hydrogen-bond acceptors (Lipinski definition) is 4. The van der Waals surface area contributed by atoms with E-state index in [0.717, 1.165) is 0 Å². The van der Waals surface area contributed by atoms with Crippen LogP contribution in [0.3, 0.4) is 0 Å². The van der Waals surface area contributed by atoms with E-state index >= 15 is 0 Å². The SMILES string of the molecule is CCC1OC(CO)C(CC)C(O)C1NC=O. The van der Waals surface area contributed by atoms with Gasteiger partial charge in [-0.2, -0.15) is 0 Å². The molecule has 0 spiro atoms. The molecule has 0 saturated carbocycles. The number of rotatable bonds is 5. The molecule has 0 aromatic rings. The summed E-state index contributed by atoms with van der Waals surface area (Å²) in [5, 5.41) is 22.0. The molecule has 5 heteroatoms. The molecular formula is C11H21NO4. The molecule has 1 aliphatic heterocycles. The van der Waals surface area contributed by atoms with Gasteiger partial charge in [0.25, 0.3) is 0 Å². The Labute approximate surface area is 95.8 Å². The summed E-state index contributed by atoms with van der Waals surface area (Å²) in [5.74, 6) is -0.134. The Balaban J connectivity index is 2.80. The van der Waals surface area contributed by atoms with E-state index in [1.807, 2.05) is 13.8 Å².